The van der Waals surface area contributed by atoms with Crippen molar-refractivity contribution >= 4 is 11.5 Å². The summed E-state index contributed by atoms with van der Waals surface area (Å²) in [5.74, 6) is 0.677. The summed E-state index contributed by atoms with van der Waals surface area (Å²) in [5, 5.41) is 40.3. The smallest absolute Gasteiger partial charge is 0.163 e. The molecule has 8 N–H and O–H groups in total. The van der Waals surface area contributed by atoms with E-state index in [1.54, 1.807) is 18.2 Å². The summed E-state index contributed by atoms with van der Waals surface area (Å²) < 4.78 is 6.07. The van der Waals surface area contributed by atoms with E-state index in [0.29, 0.717) is 31.1 Å². The zero-order valence-corrected chi connectivity index (χ0v) is 27.4. The molecule has 4 unspecified atom stereocenters. The summed E-state index contributed by atoms with van der Waals surface area (Å²) in [6, 6.07) is 13.3. The van der Waals surface area contributed by atoms with Crippen LogP contribution in [0.2, 0.25) is 0 Å². The Morgan fingerprint density at radius 3 is 2.77 bits per heavy atom. The van der Waals surface area contributed by atoms with Gasteiger partial charge in [0.15, 0.2) is 18.2 Å². The number of carbonyl (C=O) groups excluding carboxylic acids is 1. The maximum absolute atomic E-state index is 12.5. The Balaban J connectivity index is 1.23. The second-order valence-electron chi connectivity index (χ2n) is 13.4. The van der Waals surface area contributed by atoms with Gasteiger partial charge in [0.25, 0.3) is 0 Å². The third-order valence-electron chi connectivity index (χ3n) is 9.84. The van der Waals surface area contributed by atoms with E-state index in [-0.39, 0.29) is 49.5 Å². The Morgan fingerprint density at radius 2 is 2.00 bits per heavy atom. The third-order valence-corrected chi connectivity index (χ3v) is 9.84. The van der Waals surface area contributed by atoms with Crippen molar-refractivity contribution in [3.63, 3.8) is 0 Å². The molecule has 5 rings (SSSR count). The van der Waals surface area contributed by atoms with E-state index in [1.165, 1.54) is 5.56 Å². The summed E-state index contributed by atoms with van der Waals surface area (Å²) in [5.41, 5.74) is 18.0. The minimum atomic E-state index is -0.850. The van der Waals surface area contributed by atoms with Crippen LogP contribution in [0.3, 0.4) is 0 Å². The minimum Gasteiger partial charge on any atom is -0.504 e. The van der Waals surface area contributed by atoms with Gasteiger partial charge in [-0.25, -0.2) is 0 Å². The molecule has 2 heterocycles. The van der Waals surface area contributed by atoms with Gasteiger partial charge in [-0.1, -0.05) is 43.7 Å². The molecule has 0 saturated heterocycles. The van der Waals surface area contributed by atoms with Crippen LogP contribution in [-0.4, -0.2) is 68.9 Å². The van der Waals surface area contributed by atoms with Crippen molar-refractivity contribution in [3.8, 4) is 11.5 Å². The number of nitrogens with zero attached hydrogens (tertiary/aromatic N) is 2. The van der Waals surface area contributed by atoms with Crippen LogP contribution in [0.5, 0.6) is 11.5 Å². The Kier molecular flexibility index (Phi) is 11.5. The van der Waals surface area contributed by atoms with Crippen molar-refractivity contribution < 1.29 is 30.0 Å². The molecule has 4 atom stereocenters. The highest BCUT2D eigenvalue weighted by molar-refractivity contribution is 6.10. The van der Waals surface area contributed by atoms with Gasteiger partial charge in [0, 0.05) is 42.8 Å². The molecule has 1 aliphatic carbocycles. The molecule has 0 amide bonds. The van der Waals surface area contributed by atoms with E-state index in [1.807, 2.05) is 30.2 Å². The number of allylic oxidation sites excluding steroid dienone is 1. The number of ketones is 1. The summed E-state index contributed by atoms with van der Waals surface area (Å²) in [6.45, 7) is 2.91. The number of nitrogens with two attached hydrogens (primary N) is 2. The molecular formula is C37H50N4O6. The molecule has 2 aromatic carbocycles. The molecule has 2 aromatic rings. The highest BCUT2D eigenvalue weighted by atomic mass is 16.5. The highest BCUT2D eigenvalue weighted by Gasteiger charge is 2.47. The fourth-order valence-electron chi connectivity index (χ4n) is 7.35. The molecular weight excluding hydrogens is 596 g/mol. The fourth-order valence-corrected chi connectivity index (χ4v) is 7.35. The van der Waals surface area contributed by atoms with E-state index in [0.717, 1.165) is 60.1 Å². The Hall–Kier alpha value is -3.54. The Labute approximate surface area is 277 Å². The average molecular weight is 647 g/mol. The van der Waals surface area contributed by atoms with Crippen molar-refractivity contribution in [1.29, 1.82) is 0 Å². The zero-order chi connectivity index (χ0) is 33.6. The maximum Gasteiger partial charge on any atom is 0.163 e. The molecule has 2 aliphatic heterocycles. The lowest BCUT2D eigenvalue weighted by atomic mass is 9.69. The number of ether oxygens (including phenoxy) is 1. The lowest BCUT2D eigenvalue weighted by molar-refractivity contribution is -0.121. The van der Waals surface area contributed by atoms with Crippen molar-refractivity contribution in [3.05, 3.63) is 82.7 Å². The van der Waals surface area contributed by atoms with E-state index >= 15 is 0 Å². The first kappa shape index (κ1) is 34.8. The van der Waals surface area contributed by atoms with Gasteiger partial charge in [0.05, 0.1) is 30.6 Å². The van der Waals surface area contributed by atoms with Crippen LogP contribution >= 0.6 is 0 Å². The predicted octanol–water partition coefficient (Wildman–Crippen LogP) is 4.11. The van der Waals surface area contributed by atoms with Gasteiger partial charge < -0.3 is 41.5 Å². The Bertz CT molecular complexity index is 1500. The number of aryl methyl sites for hydroxylation is 1. The van der Waals surface area contributed by atoms with E-state index < -0.39 is 18.4 Å². The molecule has 47 heavy (non-hydrogen) atoms. The largest absolute Gasteiger partial charge is 0.504 e. The topological polar surface area (TPSA) is 175 Å². The lowest BCUT2D eigenvalue weighted by Gasteiger charge is -2.33. The number of rotatable bonds is 17. The van der Waals surface area contributed by atoms with Crippen LogP contribution in [0, 0.1) is 5.92 Å². The second-order valence-corrected chi connectivity index (χ2v) is 13.4. The number of Topliss-reactive ketones (excluding diaryl/α,β-unsaturated/α-hetero) is 1. The van der Waals surface area contributed by atoms with Crippen molar-refractivity contribution in [2.45, 2.75) is 94.9 Å². The highest BCUT2D eigenvalue weighted by Crippen LogP contribution is 2.54. The molecule has 3 aliphatic rings. The molecule has 254 valence electrons. The SMILES string of the molecule is CCCC(O)CC(O)CC(=O)CCc1ccc(O)c(OCN2C=C3C(C4(c5cccc(C(N)N)c5)CCC(CCO)C4)=CN=C3C2)c1. The van der Waals surface area contributed by atoms with E-state index in [4.69, 9.17) is 21.2 Å². The first-order valence-corrected chi connectivity index (χ1v) is 16.9. The number of aliphatic imine (C=N–C) groups is 1. The first-order chi connectivity index (χ1) is 22.6. The number of aliphatic hydroxyl groups excluding tert-OH is 3. The molecule has 0 radical (unpaired) electrons. The molecule has 10 nitrogen and oxygen atoms in total. The molecule has 10 heteroatoms. The van der Waals surface area contributed by atoms with Crippen LogP contribution in [0.25, 0.3) is 0 Å². The molecule has 1 saturated carbocycles. The standard InChI is InChI=1S/C37H50N4O6/c1-2-4-28(43)17-30(45)18-29(44)9-7-24-8-10-34(46)35(15-24)47-23-41-21-31-32(20-40-33(31)22-41)37(13-11-25(19-37)12-14-42)27-6-3-5-26(16-27)36(38)39/h3,5-6,8,10,15-16,20-21,25,28,30,36,42-43,45-46H,2,4,7,9,11-14,17-19,22-23,38-39H2,1H3. The number of aromatic hydroxyl groups is 1. The summed E-state index contributed by atoms with van der Waals surface area (Å²) in [7, 11) is 0. The molecule has 0 aromatic heterocycles. The molecule has 1 fully saturated rings. The van der Waals surface area contributed by atoms with Gasteiger partial charge in [-0.15, -0.1) is 0 Å². The lowest BCUT2D eigenvalue weighted by Crippen LogP contribution is -2.28. The molecule has 0 bridgehead atoms. The predicted molar refractivity (Wildman–Crippen MR) is 182 cm³/mol. The van der Waals surface area contributed by atoms with Gasteiger partial charge in [0.1, 0.15) is 5.78 Å². The van der Waals surface area contributed by atoms with Crippen LogP contribution in [0.4, 0.5) is 0 Å². The molecule has 0 spiro atoms. The van der Waals surface area contributed by atoms with Gasteiger partial charge in [-0.2, -0.15) is 0 Å². The minimum absolute atomic E-state index is 0.0154. The van der Waals surface area contributed by atoms with Crippen molar-refractivity contribution in [2.24, 2.45) is 22.4 Å². The monoisotopic (exact) mass is 646 g/mol. The normalized spacial score (nSPS) is 21.8. The van der Waals surface area contributed by atoms with Crippen LogP contribution in [0.15, 0.2) is 71.0 Å². The number of hydrogen-bond donors (Lipinski definition) is 6. The zero-order valence-electron chi connectivity index (χ0n) is 27.4. The number of hydrogen-bond acceptors (Lipinski definition) is 10. The van der Waals surface area contributed by atoms with Gasteiger partial charge in [-0.3, -0.25) is 9.79 Å². The summed E-state index contributed by atoms with van der Waals surface area (Å²) >= 11 is 0. The van der Waals surface area contributed by atoms with Crippen LogP contribution in [0.1, 0.15) is 87.6 Å². The first-order valence-electron chi connectivity index (χ1n) is 16.9. The number of benzene rings is 2. The maximum atomic E-state index is 12.5. The Morgan fingerprint density at radius 1 is 1.17 bits per heavy atom. The van der Waals surface area contributed by atoms with Crippen molar-refractivity contribution in [1.82, 2.24) is 4.90 Å². The van der Waals surface area contributed by atoms with E-state index in [9.17, 15) is 25.2 Å². The van der Waals surface area contributed by atoms with Gasteiger partial charge >= 0.3 is 0 Å². The number of fused-ring (bicyclic) bond motifs is 1. The van der Waals surface area contributed by atoms with Gasteiger partial charge in [0.2, 0.25) is 0 Å². The number of carbonyl (C=O) groups is 1. The van der Waals surface area contributed by atoms with Crippen LogP contribution in [-0.2, 0) is 16.6 Å². The number of phenolic OH excluding ortho intramolecular Hbond substituents is 1. The number of phenols is 1. The third kappa shape index (κ3) is 8.31. The van der Waals surface area contributed by atoms with Crippen LogP contribution < -0.4 is 16.2 Å². The quantitative estimate of drug-likeness (QED) is 0.138. The van der Waals surface area contributed by atoms with Crippen molar-refractivity contribution in [2.75, 3.05) is 19.9 Å². The van der Waals surface area contributed by atoms with E-state index in [2.05, 4.69) is 18.3 Å². The van der Waals surface area contributed by atoms with Gasteiger partial charge in [-0.05, 0) is 85.3 Å². The number of aliphatic hydroxyl groups is 3. The fraction of sp³-hybridized carbons (Fsp3) is 0.514. The average Bonchev–Trinajstić information content (AvgIpc) is 3.75. The summed E-state index contributed by atoms with van der Waals surface area (Å²) in [6.07, 6.45) is 8.03. The second kappa shape index (κ2) is 15.6. The summed E-state index contributed by atoms with van der Waals surface area (Å²) in [4.78, 5) is 19.3.